The van der Waals surface area contributed by atoms with Crippen molar-refractivity contribution in [2.45, 2.75) is 51.7 Å². The van der Waals surface area contributed by atoms with Crippen LogP contribution in [0.4, 0.5) is 5.69 Å². The van der Waals surface area contributed by atoms with Gasteiger partial charge in [-0.05, 0) is 37.0 Å². The Kier molecular flexibility index (Phi) is 6.42. The Balaban J connectivity index is 1.69. The summed E-state index contributed by atoms with van der Waals surface area (Å²) in [7, 11) is 0. The second kappa shape index (κ2) is 8.82. The van der Waals surface area contributed by atoms with Crippen molar-refractivity contribution < 1.29 is 4.79 Å². The number of nitrogens with zero attached hydrogens (tertiary/aromatic N) is 3. The number of thioether (sulfide) groups is 1. The maximum absolute atomic E-state index is 12.3. The molecule has 0 spiro atoms. The summed E-state index contributed by atoms with van der Waals surface area (Å²) in [5.41, 5.74) is 4.40. The van der Waals surface area contributed by atoms with Crippen molar-refractivity contribution in [3.05, 3.63) is 59.7 Å². The van der Waals surface area contributed by atoms with Gasteiger partial charge in [-0.25, -0.2) is 0 Å². The third-order valence-electron chi connectivity index (χ3n) is 4.71. The number of hydrogen-bond acceptors (Lipinski definition) is 4. The van der Waals surface area contributed by atoms with Crippen molar-refractivity contribution in [3.63, 3.8) is 0 Å². The van der Waals surface area contributed by atoms with Gasteiger partial charge in [0.2, 0.25) is 5.91 Å². The van der Waals surface area contributed by atoms with Gasteiger partial charge in [-0.1, -0.05) is 74.5 Å². The molecular weight excluding hydrogens is 380 g/mol. The Morgan fingerprint density at radius 1 is 1.03 bits per heavy atom. The molecule has 0 aliphatic rings. The van der Waals surface area contributed by atoms with Gasteiger partial charge in [-0.3, -0.25) is 4.79 Å². The first-order valence-electron chi connectivity index (χ1n) is 9.81. The lowest BCUT2D eigenvalue weighted by Crippen LogP contribution is -2.14. The van der Waals surface area contributed by atoms with Crippen molar-refractivity contribution in [1.29, 1.82) is 0 Å². The predicted octanol–water partition coefficient (Wildman–Crippen LogP) is 5.30. The number of rotatable bonds is 6. The molecule has 0 atom stereocenters. The largest absolute Gasteiger partial charge is 0.325 e. The molecule has 6 heteroatoms. The van der Waals surface area contributed by atoms with Gasteiger partial charge in [0.1, 0.15) is 0 Å². The van der Waals surface area contributed by atoms with E-state index in [0.29, 0.717) is 0 Å². The van der Waals surface area contributed by atoms with Gasteiger partial charge in [-0.2, -0.15) is 0 Å². The zero-order valence-electron chi connectivity index (χ0n) is 17.7. The Bertz CT molecular complexity index is 970. The lowest BCUT2D eigenvalue weighted by molar-refractivity contribution is -0.113. The minimum Gasteiger partial charge on any atom is -0.325 e. The molecule has 0 unspecified atom stereocenters. The van der Waals surface area contributed by atoms with Crippen LogP contribution in [0.3, 0.4) is 0 Å². The molecular formula is C23H28N4OS. The zero-order chi connectivity index (χ0) is 21.0. The van der Waals surface area contributed by atoms with E-state index in [1.165, 1.54) is 17.3 Å². The van der Waals surface area contributed by atoms with Crippen LogP contribution in [0.5, 0.6) is 0 Å². The van der Waals surface area contributed by atoms with E-state index in [1.54, 1.807) is 0 Å². The molecule has 0 saturated carbocycles. The van der Waals surface area contributed by atoms with Crippen LogP contribution in [-0.2, 0) is 16.8 Å². The fourth-order valence-corrected chi connectivity index (χ4v) is 3.78. The number of hydrogen-bond donors (Lipinski definition) is 1. The lowest BCUT2D eigenvalue weighted by Gasteiger charge is -2.19. The number of nitrogens with one attached hydrogen (secondary N) is 1. The second-order valence-corrected chi connectivity index (χ2v) is 9.02. The summed E-state index contributed by atoms with van der Waals surface area (Å²) in [5, 5.41) is 12.4. The van der Waals surface area contributed by atoms with Crippen molar-refractivity contribution in [2.24, 2.45) is 0 Å². The van der Waals surface area contributed by atoms with E-state index in [-0.39, 0.29) is 17.1 Å². The standard InChI is InChI=1S/C23H28N4OS/c1-6-27-21(17-9-11-18(12-10-17)23(3,4)5)25-26-22(27)29-15-20(28)24-19-13-7-16(2)8-14-19/h7-14H,6,15H2,1-5H3,(H,24,28). The lowest BCUT2D eigenvalue weighted by atomic mass is 9.87. The Morgan fingerprint density at radius 2 is 1.69 bits per heavy atom. The fourth-order valence-electron chi connectivity index (χ4n) is 2.98. The Labute approximate surface area is 176 Å². The van der Waals surface area contributed by atoms with Crippen LogP contribution in [-0.4, -0.2) is 26.4 Å². The van der Waals surface area contributed by atoms with Crippen LogP contribution in [0.25, 0.3) is 11.4 Å². The van der Waals surface area contributed by atoms with Gasteiger partial charge in [-0.15, -0.1) is 10.2 Å². The first kappa shape index (κ1) is 21.1. The highest BCUT2D eigenvalue weighted by Gasteiger charge is 2.17. The van der Waals surface area contributed by atoms with E-state index >= 15 is 0 Å². The summed E-state index contributed by atoms with van der Waals surface area (Å²) in [5.74, 6) is 1.06. The first-order valence-corrected chi connectivity index (χ1v) is 10.8. The van der Waals surface area contributed by atoms with E-state index in [1.807, 2.05) is 31.2 Å². The molecule has 0 bridgehead atoms. The number of carbonyl (C=O) groups excluding carboxylic acids is 1. The summed E-state index contributed by atoms with van der Waals surface area (Å²) < 4.78 is 2.05. The van der Waals surface area contributed by atoms with E-state index in [4.69, 9.17) is 0 Å². The summed E-state index contributed by atoms with van der Waals surface area (Å²) in [6.07, 6.45) is 0. The SMILES string of the molecule is CCn1c(SCC(=O)Nc2ccc(C)cc2)nnc1-c1ccc(C(C)(C)C)cc1. The van der Waals surface area contributed by atoms with Crippen LogP contribution in [0.15, 0.2) is 53.7 Å². The molecule has 0 aliphatic heterocycles. The number of anilines is 1. The van der Waals surface area contributed by atoms with E-state index in [0.717, 1.165) is 34.3 Å². The summed E-state index contributed by atoms with van der Waals surface area (Å²) in [6, 6.07) is 16.3. The molecule has 1 aromatic heterocycles. The van der Waals surface area contributed by atoms with Gasteiger partial charge < -0.3 is 9.88 Å². The van der Waals surface area contributed by atoms with E-state index in [2.05, 4.69) is 72.0 Å². The van der Waals surface area contributed by atoms with Gasteiger partial charge >= 0.3 is 0 Å². The molecule has 3 rings (SSSR count). The molecule has 1 amide bonds. The highest BCUT2D eigenvalue weighted by molar-refractivity contribution is 7.99. The fraction of sp³-hybridized carbons (Fsp3) is 0.348. The minimum absolute atomic E-state index is 0.0550. The molecule has 0 aliphatic carbocycles. The number of amides is 1. The van der Waals surface area contributed by atoms with Gasteiger partial charge in [0.05, 0.1) is 5.75 Å². The summed E-state index contributed by atoms with van der Waals surface area (Å²) in [6.45, 7) is 11.4. The smallest absolute Gasteiger partial charge is 0.234 e. The summed E-state index contributed by atoms with van der Waals surface area (Å²) >= 11 is 1.40. The van der Waals surface area contributed by atoms with Crippen LogP contribution in [0.1, 0.15) is 38.8 Å². The van der Waals surface area contributed by atoms with Crippen LogP contribution in [0, 0.1) is 6.92 Å². The molecule has 152 valence electrons. The third-order valence-corrected chi connectivity index (χ3v) is 5.68. The molecule has 0 fully saturated rings. The monoisotopic (exact) mass is 408 g/mol. The van der Waals surface area contributed by atoms with Crippen LogP contribution >= 0.6 is 11.8 Å². The zero-order valence-corrected chi connectivity index (χ0v) is 18.5. The van der Waals surface area contributed by atoms with Crippen molar-refractivity contribution >= 4 is 23.4 Å². The second-order valence-electron chi connectivity index (χ2n) is 8.08. The Morgan fingerprint density at radius 3 is 2.28 bits per heavy atom. The first-order chi connectivity index (χ1) is 13.8. The molecule has 0 radical (unpaired) electrons. The minimum atomic E-state index is -0.0550. The molecule has 0 saturated heterocycles. The van der Waals surface area contributed by atoms with Gasteiger partial charge in [0.25, 0.3) is 0 Å². The van der Waals surface area contributed by atoms with E-state index < -0.39 is 0 Å². The number of carbonyl (C=O) groups is 1. The average Bonchev–Trinajstić information content (AvgIpc) is 3.10. The Hall–Kier alpha value is -2.60. The molecule has 3 aromatic rings. The molecule has 2 aromatic carbocycles. The van der Waals surface area contributed by atoms with Gasteiger partial charge in [0.15, 0.2) is 11.0 Å². The molecule has 1 heterocycles. The number of aromatic nitrogens is 3. The maximum atomic E-state index is 12.3. The predicted molar refractivity (Wildman–Crippen MR) is 120 cm³/mol. The third kappa shape index (κ3) is 5.26. The highest BCUT2D eigenvalue weighted by atomic mass is 32.2. The van der Waals surface area contributed by atoms with Crippen molar-refractivity contribution in [1.82, 2.24) is 14.8 Å². The maximum Gasteiger partial charge on any atom is 0.234 e. The van der Waals surface area contributed by atoms with Crippen molar-refractivity contribution in [2.75, 3.05) is 11.1 Å². The van der Waals surface area contributed by atoms with E-state index in [9.17, 15) is 4.79 Å². The average molecular weight is 409 g/mol. The number of benzene rings is 2. The van der Waals surface area contributed by atoms with Gasteiger partial charge in [0, 0.05) is 17.8 Å². The topological polar surface area (TPSA) is 59.8 Å². The molecule has 5 nitrogen and oxygen atoms in total. The van der Waals surface area contributed by atoms with Crippen LogP contribution < -0.4 is 5.32 Å². The normalized spacial score (nSPS) is 11.5. The highest BCUT2D eigenvalue weighted by Crippen LogP contribution is 2.27. The molecule has 29 heavy (non-hydrogen) atoms. The number of aryl methyl sites for hydroxylation is 1. The quantitative estimate of drug-likeness (QED) is 0.562. The summed E-state index contributed by atoms with van der Waals surface area (Å²) in [4.78, 5) is 12.3. The van der Waals surface area contributed by atoms with Crippen LogP contribution in [0.2, 0.25) is 0 Å². The molecule has 1 N–H and O–H groups in total. The van der Waals surface area contributed by atoms with Crippen molar-refractivity contribution in [3.8, 4) is 11.4 Å².